The minimum absolute atomic E-state index is 0.0624. The van der Waals surface area contributed by atoms with Gasteiger partial charge in [-0.1, -0.05) is 30.3 Å². The molecule has 9 heteroatoms. The summed E-state index contributed by atoms with van der Waals surface area (Å²) in [6, 6.07) is 18.9. The Balaban J connectivity index is 1.18. The maximum Gasteiger partial charge on any atom is 0.420 e. The van der Waals surface area contributed by atoms with Crippen molar-refractivity contribution in [2.24, 2.45) is 11.8 Å². The summed E-state index contributed by atoms with van der Waals surface area (Å²) in [5.41, 5.74) is 4.12. The molecule has 2 aromatic heterocycles. The van der Waals surface area contributed by atoms with E-state index in [1.54, 1.807) is 28.8 Å². The van der Waals surface area contributed by atoms with Crippen LogP contribution in [0.1, 0.15) is 83.9 Å². The van der Waals surface area contributed by atoms with Gasteiger partial charge in [0.2, 0.25) is 0 Å². The Hall–Kier alpha value is -4.37. The van der Waals surface area contributed by atoms with Gasteiger partial charge in [0.1, 0.15) is 11.4 Å². The van der Waals surface area contributed by atoms with Crippen molar-refractivity contribution in [3.63, 3.8) is 0 Å². The molecule has 2 aromatic carbocycles. The van der Waals surface area contributed by atoms with E-state index in [-0.39, 0.29) is 23.8 Å². The summed E-state index contributed by atoms with van der Waals surface area (Å²) in [5, 5.41) is 0. The highest BCUT2D eigenvalue weighted by molar-refractivity contribution is 6.21. The number of ether oxygens (including phenoxy) is 1. The molecule has 44 heavy (non-hydrogen) atoms. The van der Waals surface area contributed by atoms with Crippen LogP contribution in [0.5, 0.6) is 0 Å². The molecule has 3 heterocycles. The van der Waals surface area contributed by atoms with Gasteiger partial charge in [0.05, 0.1) is 40.4 Å². The topological polar surface area (TPSA) is 97.6 Å². The fourth-order valence-electron chi connectivity index (χ4n) is 6.82. The van der Waals surface area contributed by atoms with Crippen molar-refractivity contribution in [3.05, 3.63) is 95.1 Å². The number of fused-ring (bicyclic) bond motifs is 3. The molecule has 1 aliphatic heterocycles. The summed E-state index contributed by atoms with van der Waals surface area (Å²) in [6.45, 7) is 7.18. The largest absolute Gasteiger partial charge is 0.443 e. The number of pyridine rings is 1. The van der Waals surface area contributed by atoms with Crippen LogP contribution in [-0.4, -0.2) is 60.9 Å². The van der Waals surface area contributed by atoms with E-state index in [0.29, 0.717) is 41.5 Å². The van der Waals surface area contributed by atoms with Gasteiger partial charge in [0, 0.05) is 19.3 Å². The van der Waals surface area contributed by atoms with Gasteiger partial charge in [-0.3, -0.25) is 24.4 Å². The van der Waals surface area contributed by atoms with E-state index in [1.165, 1.54) is 10.5 Å². The molecule has 4 aromatic rings. The number of benzene rings is 2. The zero-order valence-corrected chi connectivity index (χ0v) is 25.4. The second-order valence-corrected chi connectivity index (χ2v) is 13.2. The molecular weight excluding hydrogens is 554 g/mol. The maximum atomic E-state index is 13.5. The number of para-hydroxylation sites is 2. The van der Waals surface area contributed by atoms with E-state index in [1.807, 2.05) is 57.3 Å². The standard InChI is InChI=1S/C35H37N5O4/c1-35(2,3)44-34(43)40-28-15-7-6-14-27(28)37-30(40)21-38(29-16-8-10-22-11-9-17-36-31(22)29)19-23-18-24(23)20-39-32(41)25-12-4-5-13-26(25)33(39)42/h4-7,9,11-15,17,23-24,29H,8,10,16,18-21H2,1-3H3/t23-,24-,29-/m0/s1. The minimum Gasteiger partial charge on any atom is -0.443 e. The zero-order chi connectivity index (χ0) is 30.6. The Morgan fingerprint density at radius 2 is 1.70 bits per heavy atom. The van der Waals surface area contributed by atoms with Gasteiger partial charge in [0.15, 0.2) is 0 Å². The van der Waals surface area contributed by atoms with Crippen molar-refractivity contribution in [2.75, 3.05) is 13.1 Å². The molecule has 3 atom stereocenters. The highest BCUT2D eigenvalue weighted by Gasteiger charge is 2.45. The molecule has 0 spiro atoms. The predicted octanol–water partition coefficient (Wildman–Crippen LogP) is 6.03. The van der Waals surface area contributed by atoms with Crippen LogP contribution in [0.4, 0.5) is 4.79 Å². The first-order valence-electron chi connectivity index (χ1n) is 15.5. The van der Waals surface area contributed by atoms with Crippen molar-refractivity contribution < 1.29 is 19.1 Å². The number of nitrogens with zero attached hydrogens (tertiary/aromatic N) is 5. The second-order valence-electron chi connectivity index (χ2n) is 13.2. The summed E-state index contributed by atoms with van der Waals surface area (Å²) in [7, 11) is 0. The number of aromatic nitrogens is 3. The molecule has 0 unspecified atom stereocenters. The van der Waals surface area contributed by atoms with Crippen molar-refractivity contribution in [1.82, 2.24) is 24.3 Å². The molecular formula is C35H37N5O4. The smallest absolute Gasteiger partial charge is 0.420 e. The van der Waals surface area contributed by atoms with E-state index < -0.39 is 11.7 Å². The van der Waals surface area contributed by atoms with E-state index >= 15 is 0 Å². The Bertz CT molecular complexity index is 1740. The van der Waals surface area contributed by atoms with Crippen molar-refractivity contribution >= 4 is 28.9 Å². The molecule has 0 radical (unpaired) electrons. The average Bonchev–Trinajstić information content (AvgIpc) is 3.56. The lowest BCUT2D eigenvalue weighted by Crippen LogP contribution is -2.36. The van der Waals surface area contributed by atoms with Gasteiger partial charge < -0.3 is 4.74 Å². The quantitative estimate of drug-likeness (QED) is 0.242. The van der Waals surface area contributed by atoms with Gasteiger partial charge in [-0.15, -0.1) is 0 Å². The van der Waals surface area contributed by atoms with Crippen LogP contribution < -0.4 is 0 Å². The number of hydrogen-bond acceptors (Lipinski definition) is 7. The van der Waals surface area contributed by atoms with Crippen LogP contribution in [0, 0.1) is 11.8 Å². The molecule has 0 saturated heterocycles. The monoisotopic (exact) mass is 591 g/mol. The number of carbonyl (C=O) groups excluding carboxylic acids is 3. The van der Waals surface area contributed by atoms with Gasteiger partial charge in [0.25, 0.3) is 11.8 Å². The maximum absolute atomic E-state index is 13.5. The molecule has 3 aliphatic rings. The molecule has 9 nitrogen and oxygen atoms in total. The average molecular weight is 592 g/mol. The number of carbonyl (C=O) groups is 3. The lowest BCUT2D eigenvalue weighted by atomic mass is 9.90. The second kappa shape index (κ2) is 11.0. The molecule has 0 N–H and O–H groups in total. The first-order chi connectivity index (χ1) is 21.2. The SMILES string of the molecule is CC(C)(C)OC(=O)n1c(CN(C[C@@H]2C[C@H]2CN2C(=O)c3ccccc3C2=O)[C@H]2CCCc3cccnc32)nc2ccccc21. The molecule has 226 valence electrons. The molecule has 1 saturated carbocycles. The summed E-state index contributed by atoms with van der Waals surface area (Å²) < 4.78 is 7.44. The fourth-order valence-corrected chi connectivity index (χ4v) is 6.82. The third kappa shape index (κ3) is 5.30. The summed E-state index contributed by atoms with van der Waals surface area (Å²) >= 11 is 0. The number of aryl methyl sites for hydroxylation is 1. The Kier molecular flexibility index (Phi) is 7.08. The van der Waals surface area contributed by atoms with Crippen molar-refractivity contribution in [1.29, 1.82) is 0 Å². The highest BCUT2D eigenvalue weighted by atomic mass is 16.6. The van der Waals surface area contributed by atoms with E-state index in [0.717, 1.165) is 43.4 Å². The number of hydrogen-bond donors (Lipinski definition) is 0. The lowest BCUT2D eigenvalue weighted by molar-refractivity contribution is 0.0529. The van der Waals surface area contributed by atoms with Crippen LogP contribution in [0.2, 0.25) is 0 Å². The normalized spacial score (nSPS) is 21.1. The van der Waals surface area contributed by atoms with Crippen LogP contribution in [0.25, 0.3) is 11.0 Å². The van der Waals surface area contributed by atoms with Crippen LogP contribution in [0.3, 0.4) is 0 Å². The van der Waals surface area contributed by atoms with Gasteiger partial charge in [-0.05, 0) is 94.2 Å². The van der Waals surface area contributed by atoms with Gasteiger partial charge in [-0.2, -0.15) is 0 Å². The van der Waals surface area contributed by atoms with Gasteiger partial charge >= 0.3 is 6.09 Å². The number of amides is 2. The molecule has 0 bridgehead atoms. The highest BCUT2D eigenvalue weighted by Crippen LogP contribution is 2.44. The van der Waals surface area contributed by atoms with E-state index in [2.05, 4.69) is 11.0 Å². The molecule has 7 rings (SSSR count). The third-order valence-corrected chi connectivity index (χ3v) is 8.99. The fraction of sp³-hybridized carbons (Fsp3) is 0.400. The molecule has 1 fully saturated rings. The first kappa shape index (κ1) is 28.4. The lowest BCUT2D eigenvalue weighted by Gasteiger charge is -2.35. The number of rotatable bonds is 7. The Morgan fingerprint density at radius 1 is 0.977 bits per heavy atom. The first-order valence-corrected chi connectivity index (χ1v) is 15.5. The summed E-state index contributed by atoms with van der Waals surface area (Å²) in [5.74, 6) is 0.735. The Labute approximate surface area is 256 Å². The third-order valence-electron chi connectivity index (χ3n) is 8.99. The van der Waals surface area contributed by atoms with E-state index in [9.17, 15) is 14.4 Å². The summed E-state index contributed by atoms with van der Waals surface area (Å²) in [4.78, 5) is 53.2. The zero-order valence-electron chi connectivity index (χ0n) is 25.4. The van der Waals surface area contributed by atoms with Crippen LogP contribution in [-0.2, 0) is 17.7 Å². The number of imide groups is 1. The Morgan fingerprint density at radius 3 is 2.45 bits per heavy atom. The van der Waals surface area contributed by atoms with Crippen molar-refractivity contribution in [3.8, 4) is 0 Å². The molecule has 2 amide bonds. The van der Waals surface area contributed by atoms with Gasteiger partial charge in [-0.25, -0.2) is 14.3 Å². The van der Waals surface area contributed by atoms with E-state index in [4.69, 9.17) is 14.7 Å². The minimum atomic E-state index is -0.656. The molecule has 2 aliphatic carbocycles. The number of imidazole rings is 1. The van der Waals surface area contributed by atoms with Crippen LogP contribution >= 0.6 is 0 Å². The predicted molar refractivity (Wildman–Crippen MR) is 165 cm³/mol. The van der Waals surface area contributed by atoms with Crippen LogP contribution in [0.15, 0.2) is 66.9 Å². The van der Waals surface area contributed by atoms with Crippen molar-refractivity contribution in [2.45, 2.75) is 64.6 Å². The summed E-state index contributed by atoms with van der Waals surface area (Å²) in [6.07, 6.45) is 5.33.